The Hall–Kier alpha value is -0.320. The lowest BCUT2D eigenvalue weighted by Gasteiger charge is -2.27. The molecule has 1 unspecified atom stereocenters. The van der Waals surface area contributed by atoms with Crippen LogP contribution in [0.5, 0.6) is 0 Å². The lowest BCUT2D eigenvalue weighted by molar-refractivity contribution is -0.134. The SMILES string of the molecule is COC(CN)CC(=O)N(CC(C)C)CC(C)C.Cl. The van der Waals surface area contributed by atoms with Gasteiger partial charge in [0.2, 0.25) is 5.91 Å². The number of halogens is 1. The van der Waals surface area contributed by atoms with Crippen LogP contribution in [0.1, 0.15) is 34.1 Å². The van der Waals surface area contributed by atoms with E-state index in [0.717, 1.165) is 13.1 Å². The number of nitrogens with zero attached hydrogens (tertiary/aromatic N) is 1. The monoisotopic (exact) mass is 280 g/mol. The second-order valence-electron chi connectivity index (χ2n) is 5.38. The van der Waals surface area contributed by atoms with Crippen molar-refractivity contribution in [2.75, 3.05) is 26.7 Å². The molecule has 0 radical (unpaired) electrons. The van der Waals surface area contributed by atoms with E-state index in [2.05, 4.69) is 27.7 Å². The number of ether oxygens (including phenoxy) is 1. The van der Waals surface area contributed by atoms with Gasteiger partial charge >= 0.3 is 0 Å². The van der Waals surface area contributed by atoms with Gasteiger partial charge in [0.15, 0.2) is 0 Å². The van der Waals surface area contributed by atoms with E-state index in [1.54, 1.807) is 7.11 Å². The Morgan fingerprint density at radius 3 is 1.89 bits per heavy atom. The van der Waals surface area contributed by atoms with Crippen LogP contribution in [0.4, 0.5) is 0 Å². The first kappa shape index (κ1) is 20.0. The van der Waals surface area contributed by atoms with Gasteiger partial charge in [-0.25, -0.2) is 0 Å². The third-order valence-corrected chi connectivity index (χ3v) is 2.52. The molecule has 0 aliphatic rings. The van der Waals surface area contributed by atoms with Crippen molar-refractivity contribution in [1.82, 2.24) is 4.90 Å². The summed E-state index contributed by atoms with van der Waals surface area (Å²) in [7, 11) is 1.60. The summed E-state index contributed by atoms with van der Waals surface area (Å²) in [5, 5.41) is 0. The van der Waals surface area contributed by atoms with Crippen molar-refractivity contribution >= 4 is 18.3 Å². The predicted molar refractivity (Wildman–Crippen MR) is 78.0 cm³/mol. The molecule has 0 saturated heterocycles. The summed E-state index contributed by atoms with van der Waals surface area (Å²) in [6, 6.07) is 0. The molecule has 5 heteroatoms. The minimum absolute atomic E-state index is 0. The van der Waals surface area contributed by atoms with Crippen LogP contribution in [-0.2, 0) is 9.53 Å². The van der Waals surface area contributed by atoms with Gasteiger partial charge in [-0.05, 0) is 11.8 Å². The van der Waals surface area contributed by atoms with Crippen molar-refractivity contribution in [3.8, 4) is 0 Å². The zero-order chi connectivity index (χ0) is 13.4. The number of amides is 1. The zero-order valence-electron chi connectivity index (χ0n) is 12.3. The van der Waals surface area contributed by atoms with Gasteiger partial charge in [0, 0.05) is 26.7 Å². The van der Waals surface area contributed by atoms with Crippen LogP contribution in [0.25, 0.3) is 0 Å². The van der Waals surface area contributed by atoms with Crippen molar-refractivity contribution in [2.45, 2.75) is 40.2 Å². The summed E-state index contributed by atoms with van der Waals surface area (Å²) < 4.78 is 5.16. The van der Waals surface area contributed by atoms with Gasteiger partial charge in [-0.15, -0.1) is 12.4 Å². The van der Waals surface area contributed by atoms with E-state index >= 15 is 0 Å². The van der Waals surface area contributed by atoms with Gasteiger partial charge in [-0.1, -0.05) is 27.7 Å². The third-order valence-electron chi connectivity index (χ3n) is 2.52. The van der Waals surface area contributed by atoms with Crippen LogP contribution in [0, 0.1) is 11.8 Å². The Morgan fingerprint density at radius 2 is 1.61 bits per heavy atom. The fourth-order valence-electron chi connectivity index (χ4n) is 1.75. The summed E-state index contributed by atoms with van der Waals surface area (Å²) in [5.41, 5.74) is 5.54. The summed E-state index contributed by atoms with van der Waals surface area (Å²) in [6.45, 7) is 10.5. The highest BCUT2D eigenvalue weighted by Gasteiger charge is 2.19. The molecule has 0 rings (SSSR count). The Bertz CT molecular complexity index is 209. The second-order valence-corrected chi connectivity index (χ2v) is 5.38. The van der Waals surface area contributed by atoms with Crippen LogP contribution >= 0.6 is 12.4 Å². The zero-order valence-corrected chi connectivity index (χ0v) is 13.1. The van der Waals surface area contributed by atoms with E-state index in [1.165, 1.54) is 0 Å². The van der Waals surface area contributed by atoms with Crippen LogP contribution in [0.2, 0.25) is 0 Å². The van der Waals surface area contributed by atoms with E-state index in [4.69, 9.17) is 10.5 Å². The lowest BCUT2D eigenvalue weighted by atomic mass is 10.1. The number of methoxy groups -OCH3 is 1. The fourth-order valence-corrected chi connectivity index (χ4v) is 1.75. The number of carbonyl (C=O) groups is 1. The Labute approximate surface area is 118 Å². The summed E-state index contributed by atoms with van der Waals surface area (Å²) in [6.07, 6.45) is 0.219. The first-order valence-corrected chi connectivity index (χ1v) is 6.41. The molecular formula is C13H29ClN2O2. The van der Waals surface area contributed by atoms with Crippen LogP contribution in [0.15, 0.2) is 0 Å². The van der Waals surface area contributed by atoms with Gasteiger partial charge in [0.1, 0.15) is 0 Å². The molecule has 0 aromatic rings. The number of carbonyl (C=O) groups excluding carboxylic acids is 1. The molecule has 0 spiro atoms. The fraction of sp³-hybridized carbons (Fsp3) is 0.923. The molecule has 0 aliphatic carbocycles. The van der Waals surface area contributed by atoms with Crippen molar-refractivity contribution < 1.29 is 9.53 Å². The lowest BCUT2D eigenvalue weighted by Crippen LogP contribution is -2.40. The molecule has 1 amide bonds. The standard InChI is InChI=1S/C13H28N2O2.ClH/c1-10(2)8-15(9-11(3)4)13(16)6-12(7-14)17-5;/h10-12H,6-9,14H2,1-5H3;1H. The molecule has 1 atom stereocenters. The van der Waals surface area contributed by atoms with Gasteiger partial charge in [-0.3, -0.25) is 4.79 Å². The molecule has 0 aromatic carbocycles. The van der Waals surface area contributed by atoms with Crippen LogP contribution in [0.3, 0.4) is 0 Å². The minimum atomic E-state index is -0.163. The predicted octanol–water partition coefficient (Wildman–Crippen LogP) is 1.91. The highest BCUT2D eigenvalue weighted by atomic mass is 35.5. The number of hydrogen-bond acceptors (Lipinski definition) is 3. The topological polar surface area (TPSA) is 55.6 Å². The molecule has 0 saturated carbocycles. The number of hydrogen-bond donors (Lipinski definition) is 1. The quantitative estimate of drug-likeness (QED) is 0.739. The Balaban J connectivity index is 0. The van der Waals surface area contributed by atoms with E-state index in [-0.39, 0.29) is 24.4 Å². The smallest absolute Gasteiger partial charge is 0.225 e. The third kappa shape index (κ3) is 8.72. The van der Waals surface area contributed by atoms with Crippen molar-refractivity contribution in [3.63, 3.8) is 0 Å². The molecule has 0 aliphatic heterocycles. The molecular weight excluding hydrogens is 252 g/mol. The molecule has 110 valence electrons. The normalized spacial score (nSPS) is 12.4. The summed E-state index contributed by atoms with van der Waals surface area (Å²) >= 11 is 0. The largest absolute Gasteiger partial charge is 0.380 e. The highest BCUT2D eigenvalue weighted by Crippen LogP contribution is 2.08. The second kappa shape index (κ2) is 10.6. The van der Waals surface area contributed by atoms with Crippen molar-refractivity contribution in [1.29, 1.82) is 0 Å². The maximum absolute atomic E-state index is 12.1. The Morgan fingerprint density at radius 1 is 1.17 bits per heavy atom. The maximum atomic E-state index is 12.1. The van der Waals surface area contributed by atoms with Gasteiger partial charge < -0.3 is 15.4 Å². The molecule has 0 heterocycles. The molecule has 18 heavy (non-hydrogen) atoms. The molecule has 2 N–H and O–H groups in total. The first-order chi connectivity index (χ1) is 7.90. The minimum Gasteiger partial charge on any atom is -0.380 e. The van der Waals surface area contributed by atoms with Crippen LogP contribution < -0.4 is 5.73 Å². The average Bonchev–Trinajstić information content (AvgIpc) is 2.23. The first-order valence-electron chi connectivity index (χ1n) is 6.41. The van der Waals surface area contributed by atoms with Gasteiger partial charge in [0.05, 0.1) is 12.5 Å². The molecule has 4 nitrogen and oxygen atoms in total. The highest BCUT2D eigenvalue weighted by molar-refractivity contribution is 5.85. The maximum Gasteiger partial charge on any atom is 0.225 e. The Kier molecular flexibility index (Phi) is 11.8. The van der Waals surface area contributed by atoms with Crippen molar-refractivity contribution in [2.24, 2.45) is 17.6 Å². The van der Waals surface area contributed by atoms with E-state index < -0.39 is 0 Å². The van der Waals surface area contributed by atoms with Gasteiger partial charge in [0.25, 0.3) is 0 Å². The van der Waals surface area contributed by atoms with E-state index in [0.29, 0.717) is 24.8 Å². The van der Waals surface area contributed by atoms with Crippen molar-refractivity contribution in [3.05, 3.63) is 0 Å². The summed E-state index contributed by atoms with van der Waals surface area (Å²) in [5.74, 6) is 1.11. The van der Waals surface area contributed by atoms with Crippen LogP contribution in [-0.4, -0.2) is 43.7 Å². The average molecular weight is 281 g/mol. The van der Waals surface area contributed by atoms with Gasteiger partial charge in [-0.2, -0.15) is 0 Å². The molecule has 0 fully saturated rings. The molecule has 0 aromatic heterocycles. The van der Waals surface area contributed by atoms with E-state index in [9.17, 15) is 4.79 Å². The molecule has 0 bridgehead atoms. The van der Waals surface area contributed by atoms with E-state index in [1.807, 2.05) is 4.90 Å². The number of rotatable bonds is 8. The summed E-state index contributed by atoms with van der Waals surface area (Å²) in [4.78, 5) is 14.1. The number of nitrogens with two attached hydrogens (primary N) is 1.